The Morgan fingerprint density at radius 1 is 1.14 bits per heavy atom. The number of piperidine rings is 2. The number of guanidine groups is 1. The first kappa shape index (κ1) is 23.4. The fraction of sp³-hybridized carbons (Fsp3) is 0.650. The third-order valence-corrected chi connectivity index (χ3v) is 7.51. The molecule has 3 rings (SSSR count). The first-order chi connectivity index (χ1) is 13.0. The number of hydrogen-bond donors (Lipinski definition) is 1. The van der Waals surface area contributed by atoms with Gasteiger partial charge in [0.1, 0.15) is 0 Å². The van der Waals surface area contributed by atoms with E-state index in [2.05, 4.69) is 22.1 Å². The van der Waals surface area contributed by atoms with E-state index in [0.717, 1.165) is 43.9 Å². The molecule has 1 unspecified atom stereocenters. The summed E-state index contributed by atoms with van der Waals surface area (Å²) in [5.74, 6) is 1.51. The molecule has 1 atom stereocenters. The molecule has 2 fully saturated rings. The van der Waals surface area contributed by atoms with Crippen molar-refractivity contribution in [3.8, 4) is 0 Å². The first-order valence-electron chi connectivity index (χ1n) is 10.1. The maximum absolute atomic E-state index is 13.1. The van der Waals surface area contributed by atoms with Crippen LogP contribution < -0.4 is 5.32 Å². The fourth-order valence-electron chi connectivity index (χ4n) is 4.03. The van der Waals surface area contributed by atoms with Crippen molar-refractivity contribution in [2.24, 2.45) is 10.9 Å². The zero-order valence-electron chi connectivity index (χ0n) is 16.9. The number of nitrogens with zero attached hydrogens (tertiary/aromatic N) is 3. The molecule has 0 radical (unpaired) electrons. The van der Waals surface area contributed by atoms with Crippen LogP contribution in [0.15, 0.2) is 34.2 Å². The van der Waals surface area contributed by atoms with E-state index in [1.165, 1.54) is 12.8 Å². The summed E-state index contributed by atoms with van der Waals surface area (Å²) in [5.41, 5.74) is 0.800. The van der Waals surface area contributed by atoms with Gasteiger partial charge in [-0.2, -0.15) is 4.31 Å². The molecular formula is C20H33IN4O2S. The van der Waals surface area contributed by atoms with Gasteiger partial charge in [0.2, 0.25) is 10.0 Å². The molecule has 0 amide bonds. The minimum Gasteiger partial charge on any atom is -0.352 e. The summed E-state index contributed by atoms with van der Waals surface area (Å²) >= 11 is 0. The fourth-order valence-corrected chi connectivity index (χ4v) is 5.77. The van der Waals surface area contributed by atoms with Crippen LogP contribution >= 0.6 is 24.0 Å². The highest BCUT2D eigenvalue weighted by molar-refractivity contribution is 14.0. The molecule has 0 bridgehead atoms. The van der Waals surface area contributed by atoms with Crippen LogP contribution in [-0.2, 0) is 16.6 Å². The van der Waals surface area contributed by atoms with Gasteiger partial charge in [-0.25, -0.2) is 8.42 Å². The van der Waals surface area contributed by atoms with Crippen molar-refractivity contribution in [3.05, 3.63) is 29.8 Å². The molecule has 2 aliphatic heterocycles. The average molecular weight is 520 g/mol. The highest BCUT2D eigenvalue weighted by Crippen LogP contribution is 2.23. The van der Waals surface area contributed by atoms with Gasteiger partial charge in [0.25, 0.3) is 0 Å². The molecular weight excluding hydrogens is 487 g/mol. The van der Waals surface area contributed by atoms with Gasteiger partial charge in [0, 0.05) is 39.8 Å². The van der Waals surface area contributed by atoms with Gasteiger partial charge in [-0.1, -0.05) is 31.5 Å². The largest absolute Gasteiger partial charge is 0.352 e. The molecule has 0 aliphatic carbocycles. The van der Waals surface area contributed by atoms with E-state index in [-0.39, 0.29) is 24.0 Å². The minimum absolute atomic E-state index is 0. The summed E-state index contributed by atoms with van der Waals surface area (Å²) < 4.78 is 27.9. The van der Waals surface area contributed by atoms with Crippen molar-refractivity contribution < 1.29 is 8.42 Å². The van der Waals surface area contributed by atoms with Crippen molar-refractivity contribution in [2.45, 2.75) is 50.5 Å². The predicted octanol–water partition coefficient (Wildman–Crippen LogP) is 3.29. The Bertz CT molecular complexity index is 763. The van der Waals surface area contributed by atoms with E-state index in [1.807, 2.05) is 18.2 Å². The number of sulfonamides is 1. The Labute approximate surface area is 186 Å². The summed E-state index contributed by atoms with van der Waals surface area (Å²) in [5, 5.41) is 3.38. The number of benzene rings is 1. The van der Waals surface area contributed by atoms with Crippen molar-refractivity contribution >= 4 is 40.0 Å². The normalized spacial score (nSPS) is 21.9. The van der Waals surface area contributed by atoms with Crippen molar-refractivity contribution in [3.63, 3.8) is 0 Å². The van der Waals surface area contributed by atoms with Crippen LogP contribution in [0.4, 0.5) is 0 Å². The van der Waals surface area contributed by atoms with Crippen molar-refractivity contribution in [1.29, 1.82) is 0 Å². The molecule has 158 valence electrons. The maximum Gasteiger partial charge on any atom is 0.243 e. The zero-order valence-corrected chi connectivity index (χ0v) is 20.1. The zero-order chi connectivity index (χ0) is 19.3. The van der Waals surface area contributed by atoms with Gasteiger partial charge < -0.3 is 10.2 Å². The van der Waals surface area contributed by atoms with Crippen LogP contribution in [0.2, 0.25) is 0 Å². The summed E-state index contributed by atoms with van der Waals surface area (Å²) in [4.78, 5) is 7.11. The monoisotopic (exact) mass is 520 g/mol. The second-order valence-corrected chi connectivity index (χ2v) is 9.57. The number of aliphatic imine (C=N–C) groups is 1. The Balaban J connectivity index is 0.00000280. The van der Waals surface area contributed by atoms with E-state index in [0.29, 0.717) is 30.4 Å². The Hall–Kier alpha value is -0.870. The number of hydrogen-bond acceptors (Lipinski definition) is 3. The van der Waals surface area contributed by atoms with Crippen LogP contribution in [0.1, 0.15) is 44.6 Å². The topological polar surface area (TPSA) is 65.0 Å². The molecule has 0 spiro atoms. The molecule has 2 heterocycles. The second-order valence-electron chi connectivity index (χ2n) is 7.67. The standard InChI is InChI=1S/C20H32N4O2S.HI/c1-17-9-8-12-23(16-17)20(21-2)22-15-18-10-4-5-11-19(18)27(25,26)24-13-6-3-7-14-24;/h4-5,10-11,17H,3,6-9,12-16H2,1-2H3,(H,21,22);1H. The maximum atomic E-state index is 13.1. The molecule has 1 aromatic carbocycles. The molecule has 0 saturated carbocycles. The van der Waals surface area contributed by atoms with Crippen LogP contribution in [0, 0.1) is 5.92 Å². The van der Waals surface area contributed by atoms with Crippen LogP contribution in [-0.4, -0.2) is 56.8 Å². The van der Waals surface area contributed by atoms with Gasteiger partial charge in [-0.15, -0.1) is 24.0 Å². The smallest absolute Gasteiger partial charge is 0.243 e. The third-order valence-electron chi connectivity index (χ3n) is 5.51. The van der Waals surface area contributed by atoms with Crippen LogP contribution in [0.3, 0.4) is 0 Å². The first-order valence-corrected chi connectivity index (χ1v) is 11.5. The van der Waals surface area contributed by atoms with Gasteiger partial charge >= 0.3 is 0 Å². The SMILES string of the molecule is CN=C(NCc1ccccc1S(=O)(=O)N1CCCCC1)N1CCCC(C)C1.I. The highest BCUT2D eigenvalue weighted by atomic mass is 127. The number of halogens is 1. The lowest BCUT2D eigenvalue weighted by Gasteiger charge is -2.33. The lowest BCUT2D eigenvalue weighted by molar-refractivity contribution is 0.266. The van der Waals surface area contributed by atoms with E-state index >= 15 is 0 Å². The third kappa shape index (κ3) is 5.60. The van der Waals surface area contributed by atoms with Gasteiger partial charge in [0.15, 0.2) is 5.96 Å². The van der Waals surface area contributed by atoms with E-state index in [4.69, 9.17) is 0 Å². The average Bonchev–Trinajstić information content (AvgIpc) is 2.69. The van der Waals surface area contributed by atoms with Gasteiger partial charge in [-0.3, -0.25) is 4.99 Å². The molecule has 0 aromatic heterocycles. The van der Waals surface area contributed by atoms with E-state index < -0.39 is 10.0 Å². The Morgan fingerprint density at radius 2 is 1.86 bits per heavy atom. The van der Waals surface area contributed by atoms with Crippen molar-refractivity contribution in [1.82, 2.24) is 14.5 Å². The molecule has 2 aliphatic rings. The summed E-state index contributed by atoms with van der Waals surface area (Å²) in [6.07, 6.45) is 5.42. The highest BCUT2D eigenvalue weighted by Gasteiger charge is 2.28. The Kier molecular flexibility index (Phi) is 9.01. The van der Waals surface area contributed by atoms with Crippen LogP contribution in [0.25, 0.3) is 0 Å². The molecule has 1 aromatic rings. The summed E-state index contributed by atoms with van der Waals surface area (Å²) in [6.45, 7) is 5.96. The van der Waals surface area contributed by atoms with Crippen molar-refractivity contribution in [2.75, 3.05) is 33.2 Å². The predicted molar refractivity (Wildman–Crippen MR) is 125 cm³/mol. The number of likely N-dealkylation sites (tertiary alicyclic amines) is 1. The molecule has 6 nitrogen and oxygen atoms in total. The summed E-state index contributed by atoms with van der Waals surface area (Å²) in [7, 11) is -1.65. The summed E-state index contributed by atoms with van der Waals surface area (Å²) in [6, 6.07) is 7.34. The minimum atomic E-state index is -3.44. The Morgan fingerprint density at radius 3 is 2.54 bits per heavy atom. The number of nitrogens with one attached hydrogen (secondary N) is 1. The quantitative estimate of drug-likeness (QED) is 0.376. The molecule has 2 saturated heterocycles. The van der Waals surface area contributed by atoms with Gasteiger partial charge in [0.05, 0.1) is 4.90 Å². The molecule has 8 heteroatoms. The van der Waals surface area contributed by atoms with Gasteiger partial charge in [-0.05, 0) is 43.2 Å². The second kappa shape index (κ2) is 10.8. The van der Waals surface area contributed by atoms with E-state index in [1.54, 1.807) is 17.4 Å². The van der Waals surface area contributed by atoms with E-state index in [9.17, 15) is 8.42 Å². The lowest BCUT2D eigenvalue weighted by Crippen LogP contribution is -2.46. The number of rotatable bonds is 4. The molecule has 28 heavy (non-hydrogen) atoms. The lowest BCUT2D eigenvalue weighted by atomic mass is 10.0. The molecule has 1 N–H and O–H groups in total. The van der Waals surface area contributed by atoms with Crippen LogP contribution in [0.5, 0.6) is 0 Å².